The molecule has 0 aliphatic carbocycles. The fourth-order valence-corrected chi connectivity index (χ4v) is 2.76. The van der Waals surface area contributed by atoms with Gasteiger partial charge in [-0.3, -0.25) is 0 Å². The highest BCUT2D eigenvalue weighted by Crippen LogP contribution is 2.33. The molecule has 2 atom stereocenters. The van der Waals surface area contributed by atoms with E-state index in [1.54, 1.807) is 7.11 Å². The van der Waals surface area contributed by atoms with Gasteiger partial charge in [-0.1, -0.05) is 12.1 Å². The normalized spacial score (nSPS) is 24.2. The summed E-state index contributed by atoms with van der Waals surface area (Å²) in [6.45, 7) is 2.80. The predicted molar refractivity (Wildman–Crippen MR) is 73.2 cm³/mol. The van der Waals surface area contributed by atoms with E-state index in [2.05, 4.69) is 37.2 Å². The zero-order valence-corrected chi connectivity index (χ0v) is 11.6. The molecule has 0 amide bonds. The largest absolute Gasteiger partial charge is 0.497 e. The van der Waals surface area contributed by atoms with Crippen LogP contribution in [0.1, 0.15) is 17.9 Å². The van der Waals surface area contributed by atoms with Crippen LogP contribution in [0.2, 0.25) is 0 Å². The monoisotopic (exact) mass is 249 g/mol. The van der Waals surface area contributed by atoms with Gasteiger partial charge in [0.05, 0.1) is 13.7 Å². The number of rotatable bonds is 4. The van der Waals surface area contributed by atoms with E-state index in [0.29, 0.717) is 11.8 Å². The van der Waals surface area contributed by atoms with E-state index in [9.17, 15) is 0 Å². The van der Waals surface area contributed by atoms with E-state index in [1.807, 2.05) is 6.07 Å². The molecule has 1 aromatic carbocycles. The summed E-state index contributed by atoms with van der Waals surface area (Å²) >= 11 is 0. The third-order valence-corrected chi connectivity index (χ3v) is 3.60. The Kier molecular flexibility index (Phi) is 4.61. The molecule has 3 nitrogen and oxygen atoms in total. The minimum absolute atomic E-state index is 0.570. The number of hydrogen-bond acceptors (Lipinski definition) is 3. The third kappa shape index (κ3) is 3.24. The molecule has 2 rings (SSSR count). The average Bonchev–Trinajstić information content (AvgIpc) is 2.39. The smallest absolute Gasteiger partial charge is 0.119 e. The van der Waals surface area contributed by atoms with Crippen molar-refractivity contribution in [2.75, 3.05) is 41.0 Å². The lowest BCUT2D eigenvalue weighted by atomic mass is 9.82. The molecule has 18 heavy (non-hydrogen) atoms. The quantitative estimate of drug-likeness (QED) is 0.818. The second-order valence-corrected chi connectivity index (χ2v) is 5.27. The molecule has 1 heterocycles. The lowest BCUT2D eigenvalue weighted by molar-refractivity contribution is 0.0302. The van der Waals surface area contributed by atoms with Gasteiger partial charge in [-0.25, -0.2) is 0 Å². The van der Waals surface area contributed by atoms with E-state index in [1.165, 1.54) is 5.56 Å². The maximum absolute atomic E-state index is 5.63. The first-order valence-corrected chi connectivity index (χ1v) is 6.57. The van der Waals surface area contributed by atoms with Gasteiger partial charge in [-0.2, -0.15) is 0 Å². The van der Waals surface area contributed by atoms with Crippen molar-refractivity contribution < 1.29 is 9.47 Å². The first-order valence-electron chi connectivity index (χ1n) is 6.57. The maximum atomic E-state index is 5.63. The van der Waals surface area contributed by atoms with Crippen LogP contribution < -0.4 is 4.74 Å². The van der Waals surface area contributed by atoms with Gasteiger partial charge in [0.25, 0.3) is 0 Å². The standard InChI is InChI=1S/C15H23NO2/c1-16(2)10-13-11-18-8-7-15(13)12-5-4-6-14(9-12)17-3/h4-6,9,13,15H,7-8,10-11H2,1-3H3/t13-,15+/m1/s1. The van der Waals surface area contributed by atoms with Gasteiger partial charge < -0.3 is 14.4 Å². The van der Waals surface area contributed by atoms with Crippen molar-refractivity contribution in [1.82, 2.24) is 4.90 Å². The summed E-state index contributed by atoms with van der Waals surface area (Å²) < 4.78 is 11.0. The van der Waals surface area contributed by atoms with Crippen LogP contribution in [0, 0.1) is 5.92 Å². The van der Waals surface area contributed by atoms with Crippen LogP contribution in [0.5, 0.6) is 5.75 Å². The molecule has 0 spiro atoms. The zero-order chi connectivity index (χ0) is 13.0. The summed E-state index contributed by atoms with van der Waals surface area (Å²) in [6, 6.07) is 8.46. The molecular weight excluding hydrogens is 226 g/mol. The highest BCUT2D eigenvalue weighted by Gasteiger charge is 2.27. The second kappa shape index (κ2) is 6.21. The lowest BCUT2D eigenvalue weighted by Crippen LogP contribution is -2.34. The molecule has 0 radical (unpaired) electrons. The Labute approximate surface area is 110 Å². The Morgan fingerprint density at radius 2 is 2.22 bits per heavy atom. The number of nitrogens with zero attached hydrogens (tertiary/aromatic N) is 1. The van der Waals surface area contributed by atoms with E-state index in [-0.39, 0.29) is 0 Å². The minimum atomic E-state index is 0.570. The fraction of sp³-hybridized carbons (Fsp3) is 0.600. The minimum Gasteiger partial charge on any atom is -0.497 e. The van der Waals surface area contributed by atoms with Crippen molar-refractivity contribution in [3.63, 3.8) is 0 Å². The van der Waals surface area contributed by atoms with Crippen LogP contribution in [-0.4, -0.2) is 45.9 Å². The number of ether oxygens (including phenoxy) is 2. The molecule has 100 valence electrons. The van der Waals surface area contributed by atoms with Gasteiger partial charge >= 0.3 is 0 Å². The Morgan fingerprint density at radius 1 is 1.39 bits per heavy atom. The van der Waals surface area contributed by atoms with Gasteiger partial charge in [0.2, 0.25) is 0 Å². The molecule has 1 fully saturated rings. The molecule has 3 heteroatoms. The van der Waals surface area contributed by atoms with Crippen LogP contribution in [0.3, 0.4) is 0 Å². The van der Waals surface area contributed by atoms with Gasteiger partial charge in [0.1, 0.15) is 5.75 Å². The molecule has 0 bridgehead atoms. The SMILES string of the molecule is COc1cccc([C@@H]2CCOC[C@H]2CN(C)C)c1. The first-order chi connectivity index (χ1) is 8.70. The van der Waals surface area contributed by atoms with E-state index >= 15 is 0 Å². The van der Waals surface area contributed by atoms with E-state index in [0.717, 1.165) is 31.9 Å². The Balaban J connectivity index is 2.16. The summed E-state index contributed by atoms with van der Waals surface area (Å²) in [4.78, 5) is 2.24. The topological polar surface area (TPSA) is 21.7 Å². The van der Waals surface area contributed by atoms with Crippen LogP contribution in [0.4, 0.5) is 0 Å². The Bertz CT molecular complexity index is 379. The van der Waals surface area contributed by atoms with Gasteiger partial charge in [-0.05, 0) is 44.1 Å². The van der Waals surface area contributed by atoms with Crippen LogP contribution in [-0.2, 0) is 4.74 Å². The number of benzene rings is 1. The Morgan fingerprint density at radius 3 is 2.94 bits per heavy atom. The third-order valence-electron chi connectivity index (χ3n) is 3.60. The zero-order valence-electron chi connectivity index (χ0n) is 11.6. The van der Waals surface area contributed by atoms with Crippen molar-refractivity contribution in [2.45, 2.75) is 12.3 Å². The van der Waals surface area contributed by atoms with Crippen molar-refractivity contribution >= 4 is 0 Å². The first kappa shape index (κ1) is 13.4. The average molecular weight is 249 g/mol. The maximum Gasteiger partial charge on any atom is 0.119 e. The van der Waals surface area contributed by atoms with Gasteiger partial charge in [0.15, 0.2) is 0 Å². The summed E-state index contributed by atoms with van der Waals surface area (Å²) in [6.07, 6.45) is 1.10. The highest BCUT2D eigenvalue weighted by atomic mass is 16.5. The molecular formula is C15H23NO2. The van der Waals surface area contributed by atoms with Crippen molar-refractivity contribution in [2.24, 2.45) is 5.92 Å². The summed E-state index contributed by atoms with van der Waals surface area (Å²) in [7, 11) is 5.97. The van der Waals surface area contributed by atoms with Crippen LogP contribution in [0.25, 0.3) is 0 Å². The molecule has 0 aromatic heterocycles. The van der Waals surface area contributed by atoms with Gasteiger partial charge in [-0.15, -0.1) is 0 Å². The van der Waals surface area contributed by atoms with E-state index in [4.69, 9.17) is 9.47 Å². The number of methoxy groups -OCH3 is 1. The molecule has 0 saturated carbocycles. The van der Waals surface area contributed by atoms with Crippen LogP contribution >= 0.6 is 0 Å². The molecule has 0 N–H and O–H groups in total. The van der Waals surface area contributed by atoms with Gasteiger partial charge in [0, 0.05) is 19.1 Å². The molecule has 1 aromatic rings. The van der Waals surface area contributed by atoms with Crippen molar-refractivity contribution in [1.29, 1.82) is 0 Å². The van der Waals surface area contributed by atoms with Crippen LogP contribution in [0.15, 0.2) is 24.3 Å². The Hall–Kier alpha value is -1.06. The molecule has 0 unspecified atom stereocenters. The molecule has 1 saturated heterocycles. The van der Waals surface area contributed by atoms with Crippen molar-refractivity contribution in [3.05, 3.63) is 29.8 Å². The number of hydrogen-bond donors (Lipinski definition) is 0. The summed E-state index contributed by atoms with van der Waals surface area (Å²) in [5.41, 5.74) is 1.38. The summed E-state index contributed by atoms with van der Waals surface area (Å²) in [5.74, 6) is 2.10. The fourth-order valence-electron chi connectivity index (χ4n) is 2.76. The summed E-state index contributed by atoms with van der Waals surface area (Å²) in [5, 5.41) is 0. The second-order valence-electron chi connectivity index (χ2n) is 5.27. The van der Waals surface area contributed by atoms with E-state index < -0.39 is 0 Å². The molecule has 1 aliphatic heterocycles. The molecule has 1 aliphatic rings. The van der Waals surface area contributed by atoms with Crippen molar-refractivity contribution in [3.8, 4) is 5.75 Å². The lowest BCUT2D eigenvalue weighted by Gasteiger charge is -2.33. The highest BCUT2D eigenvalue weighted by molar-refractivity contribution is 5.31. The predicted octanol–water partition coefficient (Wildman–Crippen LogP) is 2.38.